The number of rotatable bonds is 9. The number of hydrogen-bond acceptors (Lipinski definition) is 4. The number of nitrogens with one attached hydrogen (secondary N) is 1. The molecule has 0 radical (unpaired) electrons. The molecule has 0 fully saturated rings. The van der Waals surface area contributed by atoms with E-state index in [0.29, 0.717) is 24.0 Å². The Kier molecular flexibility index (Phi) is 7.25. The largest absolute Gasteiger partial charge is 0.496 e. The summed E-state index contributed by atoms with van der Waals surface area (Å²) in [5.74, 6) is -0.729. The summed E-state index contributed by atoms with van der Waals surface area (Å²) in [5, 5.41) is 3.29. The van der Waals surface area contributed by atoms with Gasteiger partial charge in [0.05, 0.1) is 7.11 Å². The number of hydrogen-bond donors (Lipinski definition) is 1. The van der Waals surface area contributed by atoms with E-state index in [1.165, 1.54) is 14.0 Å². The second kappa shape index (κ2) is 9.42. The summed E-state index contributed by atoms with van der Waals surface area (Å²) >= 11 is 0. The maximum Gasteiger partial charge on any atom is 0.199 e. The van der Waals surface area contributed by atoms with Gasteiger partial charge >= 0.3 is 0 Å². The highest BCUT2D eigenvalue weighted by Gasteiger charge is 2.25. The predicted molar refractivity (Wildman–Crippen MR) is 106 cm³/mol. The minimum absolute atomic E-state index is 0. The van der Waals surface area contributed by atoms with Gasteiger partial charge in [0.25, 0.3) is 0 Å². The predicted octanol–water partition coefficient (Wildman–Crippen LogP) is 4.72. The molecular weight excluding hydrogens is 345 g/mol. The minimum Gasteiger partial charge on any atom is -0.496 e. The maximum atomic E-state index is 15.4. The lowest BCUT2D eigenvalue weighted by molar-refractivity contribution is -0.117. The molecule has 0 unspecified atom stereocenters. The summed E-state index contributed by atoms with van der Waals surface area (Å²) < 4.78 is 20.6. The van der Waals surface area contributed by atoms with Gasteiger partial charge in [0.1, 0.15) is 22.9 Å². The number of carbonyl (C=O) groups is 2. The number of ketones is 2. The van der Waals surface area contributed by atoms with Crippen molar-refractivity contribution >= 4 is 11.6 Å². The highest BCUT2D eigenvalue weighted by Crippen LogP contribution is 2.31. The molecule has 0 aliphatic heterocycles. The van der Waals surface area contributed by atoms with Crippen molar-refractivity contribution in [2.45, 2.75) is 45.7 Å². The van der Waals surface area contributed by atoms with Crippen molar-refractivity contribution in [1.82, 2.24) is 5.32 Å². The lowest BCUT2D eigenvalue weighted by atomic mass is 9.95. The van der Waals surface area contributed by atoms with Gasteiger partial charge in [-0.25, -0.2) is 4.39 Å². The molecule has 2 rings (SSSR count). The normalized spacial score (nSPS) is 13.1. The minimum atomic E-state index is -0.586. The van der Waals surface area contributed by atoms with Gasteiger partial charge in [-0.2, -0.15) is 0 Å². The van der Waals surface area contributed by atoms with E-state index in [9.17, 15) is 9.59 Å². The van der Waals surface area contributed by atoms with Crippen LogP contribution in [0, 0.1) is 5.82 Å². The summed E-state index contributed by atoms with van der Waals surface area (Å²) in [6.07, 6.45) is 0.981. The third-order valence-electron chi connectivity index (χ3n) is 4.48. The molecule has 0 bridgehead atoms. The molecule has 146 valence electrons. The van der Waals surface area contributed by atoms with Crippen molar-refractivity contribution in [3.63, 3.8) is 0 Å². The van der Waals surface area contributed by atoms with Crippen LogP contribution in [-0.4, -0.2) is 24.7 Å². The highest BCUT2D eigenvalue weighted by atomic mass is 19.1. The van der Waals surface area contributed by atoms with Crippen LogP contribution < -0.4 is 10.1 Å². The molecule has 0 aromatic heterocycles. The molecule has 5 heteroatoms. The zero-order valence-corrected chi connectivity index (χ0v) is 16.2. The van der Waals surface area contributed by atoms with Crippen molar-refractivity contribution in [3.8, 4) is 5.75 Å². The average molecular weight is 373 g/mol. The molecule has 0 heterocycles. The van der Waals surface area contributed by atoms with Crippen LogP contribution in [0.1, 0.15) is 62.6 Å². The third-order valence-corrected chi connectivity index (χ3v) is 4.48. The van der Waals surface area contributed by atoms with Crippen LogP contribution >= 0.6 is 0 Å². The number of Topliss-reactive ketones (excluding diaryl/α,β-unsaturated/α-hetero) is 1. The first-order chi connectivity index (χ1) is 12.9. The summed E-state index contributed by atoms with van der Waals surface area (Å²) in [6.45, 7) is 5.35. The fourth-order valence-corrected chi connectivity index (χ4v) is 3.22. The second-order valence-corrected chi connectivity index (χ2v) is 6.68. The summed E-state index contributed by atoms with van der Waals surface area (Å²) in [7, 11) is 1.42. The Balaban J connectivity index is 0.00000392. The molecule has 0 aliphatic rings. The van der Waals surface area contributed by atoms with Gasteiger partial charge in [0.15, 0.2) is 5.78 Å². The van der Waals surface area contributed by atoms with Crippen molar-refractivity contribution in [1.29, 1.82) is 0 Å². The van der Waals surface area contributed by atoms with Gasteiger partial charge in [-0.05, 0) is 26.3 Å². The van der Waals surface area contributed by atoms with E-state index in [1.54, 1.807) is 42.5 Å². The van der Waals surface area contributed by atoms with Gasteiger partial charge in [-0.3, -0.25) is 9.59 Å². The standard InChI is InChI=1S/C22H26FNO3.H2/c1-5-18(24-14(2)13-15(3)25)17-11-12-19(27-4)20(21(17)23)22(26)16-9-7-6-8-10-16;/h6-12,14,18,24H,5,13H2,1-4H3;1H/t14-,18+;/m0./s1. The Bertz CT molecular complexity index is 811. The lowest BCUT2D eigenvalue weighted by Gasteiger charge is -2.24. The zero-order chi connectivity index (χ0) is 20.0. The van der Waals surface area contributed by atoms with Crippen LogP contribution in [0.2, 0.25) is 0 Å². The van der Waals surface area contributed by atoms with Crippen molar-refractivity contribution in [2.75, 3.05) is 7.11 Å². The smallest absolute Gasteiger partial charge is 0.199 e. The zero-order valence-electron chi connectivity index (χ0n) is 16.2. The highest BCUT2D eigenvalue weighted by molar-refractivity contribution is 6.11. The molecule has 4 nitrogen and oxygen atoms in total. The van der Waals surface area contributed by atoms with Gasteiger partial charge < -0.3 is 10.1 Å². The average Bonchev–Trinajstić information content (AvgIpc) is 2.65. The second-order valence-electron chi connectivity index (χ2n) is 6.68. The Morgan fingerprint density at radius 3 is 2.41 bits per heavy atom. The van der Waals surface area contributed by atoms with Crippen LogP contribution in [0.15, 0.2) is 42.5 Å². The topological polar surface area (TPSA) is 55.4 Å². The maximum absolute atomic E-state index is 15.4. The molecule has 0 saturated carbocycles. The molecule has 2 atom stereocenters. The Morgan fingerprint density at radius 1 is 1.19 bits per heavy atom. The fraction of sp³-hybridized carbons (Fsp3) is 0.364. The van der Waals surface area contributed by atoms with Crippen LogP contribution in [0.5, 0.6) is 5.75 Å². The molecule has 0 aliphatic carbocycles. The monoisotopic (exact) mass is 373 g/mol. The first-order valence-electron chi connectivity index (χ1n) is 9.10. The summed E-state index contributed by atoms with van der Waals surface area (Å²) in [6, 6.07) is 11.4. The van der Waals surface area contributed by atoms with E-state index in [2.05, 4.69) is 5.32 Å². The van der Waals surface area contributed by atoms with Crippen molar-refractivity contribution < 1.29 is 20.1 Å². The molecule has 0 spiro atoms. The summed E-state index contributed by atoms with van der Waals surface area (Å²) in [4.78, 5) is 24.2. The SMILES string of the molecule is CC[C@@H](N[C@@H](C)CC(C)=O)c1ccc(OC)c(C(=O)c2ccccc2)c1F.[HH]. The molecule has 0 amide bonds. The molecule has 27 heavy (non-hydrogen) atoms. The van der Waals surface area contributed by atoms with Crippen LogP contribution in [0.3, 0.4) is 0 Å². The number of halogens is 1. The Hall–Kier alpha value is -2.53. The van der Waals surface area contributed by atoms with E-state index in [1.807, 2.05) is 13.8 Å². The van der Waals surface area contributed by atoms with E-state index in [4.69, 9.17) is 4.74 Å². The van der Waals surface area contributed by atoms with Crippen molar-refractivity contribution in [2.24, 2.45) is 0 Å². The number of carbonyl (C=O) groups excluding carboxylic acids is 2. The lowest BCUT2D eigenvalue weighted by Crippen LogP contribution is -2.32. The molecule has 1 N–H and O–H groups in total. The van der Waals surface area contributed by atoms with E-state index in [-0.39, 0.29) is 30.6 Å². The van der Waals surface area contributed by atoms with Crippen LogP contribution in [0.25, 0.3) is 0 Å². The van der Waals surface area contributed by atoms with Gasteiger partial charge in [0, 0.05) is 31.1 Å². The number of ether oxygens (including phenoxy) is 1. The number of benzene rings is 2. The van der Waals surface area contributed by atoms with Crippen LogP contribution in [-0.2, 0) is 4.79 Å². The van der Waals surface area contributed by atoms with E-state index >= 15 is 4.39 Å². The van der Waals surface area contributed by atoms with Gasteiger partial charge in [-0.1, -0.05) is 43.3 Å². The van der Waals surface area contributed by atoms with Gasteiger partial charge in [-0.15, -0.1) is 0 Å². The Labute approximate surface area is 161 Å². The first kappa shape index (κ1) is 20.8. The fourth-order valence-electron chi connectivity index (χ4n) is 3.22. The molecular formula is C22H28FNO3. The number of methoxy groups -OCH3 is 1. The summed E-state index contributed by atoms with van der Waals surface area (Å²) in [5.41, 5.74) is 0.728. The molecule has 0 saturated heterocycles. The third kappa shape index (κ3) is 5.01. The first-order valence-corrected chi connectivity index (χ1v) is 9.10. The molecule has 2 aromatic rings. The molecule has 2 aromatic carbocycles. The Morgan fingerprint density at radius 2 is 1.85 bits per heavy atom. The van der Waals surface area contributed by atoms with E-state index in [0.717, 1.165) is 0 Å². The van der Waals surface area contributed by atoms with Gasteiger partial charge in [0.2, 0.25) is 0 Å². The van der Waals surface area contributed by atoms with Crippen molar-refractivity contribution in [3.05, 3.63) is 65.0 Å². The van der Waals surface area contributed by atoms with E-state index < -0.39 is 11.6 Å². The quantitative estimate of drug-likeness (QED) is 0.646. The van der Waals surface area contributed by atoms with Crippen LogP contribution in [0.4, 0.5) is 4.39 Å².